The minimum Gasteiger partial charge on any atom is -0.494 e. The number of carbonyl (C=O) groups is 1. The Hall–Kier alpha value is -4.62. The summed E-state index contributed by atoms with van der Waals surface area (Å²) < 4.78 is 40.7. The predicted molar refractivity (Wildman–Crippen MR) is 170 cm³/mol. The lowest BCUT2D eigenvalue weighted by molar-refractivity contribution is -0.129. The minimum atomic E-state index is -4.72. The summed E-state index contributed by atoms with van der Waals surface area (Å²) in [5.41, 5.74) is 4.05. The summed E-state index contributed by atoms with van der Waals surface area (Å²) in [6, 6.07) is 18.9. The first-order valence-corrected chi connectivity index (χ1v) is 15.5. The highest BCUT2D eigenvalue weighted by molar-refractivity contribution is 7.86. The molecule has 0 aliphatic carbocycles. The molecular weight excluding hydrogens is 609 g/mol. The van der Waals surface area contributed by atoms with Crippen molar-refractivity contribution in [1.82, 2.24) is 14.9 Å². The molecule has 3 N–H and O–H groups in total. The largest absolute Gasteiger partial charge is 0.494 e. The smallest absolute Gasteiger partial charge is 0.332 e. The van der Waals surface area contributed by atoms with Crippen molar-refractivity contribution in [2.75, 3.05) is 54.1 Å². The van der Waals surface area contributed by atoms with E-state index in [-0.39, 0.29) is 10.8 Å². The average molecular weight is 640 g/mol. The van der Waals surface area contributed by atoms with Crippen LogP contribution in [0.1, 0.15) is 12.5 Å². The van der Waals surface area contributed by atoms with Crippen molar-refractivity contribution >= 4 is 62.2 Å². The van der Waals surface area contributed by atoms with Crippen molar-refractivity contribution in [2.24, 2.45) is 0 Å². The molecule has 0 spiro atoms. The number of anilines is 6. The van der Waals surface area contributed by atoms with Crippen LogP contribution in [0.4, 0.5) is 38.4 Å². The normalized spacial score (nSPS) is 13.4. The summed E-state index contributed by atoms with van der Waals surface area (Å²) in [4.78, 5) is 24.2. The van der Waals surface area contributed by atoms with E-state index in [1.807, 2.05) is 47.4 Å². The summed E-state index contributed by atoms with van der Waals surface area (Å²) in [5.74, 6) is 1.44. The first kappa shape index (κ1) is 30.8. The first-order chi connectivity index (χ1) is 21.1. The highest BCUT2D eigenvalue weighted by atomic mass is 35.5. The van der Waals surface area contributed by atoms with Gasteiger partial charge in [0.15, 0.2) is 5.82 Å². The molecule has 14 heteroatoms. The molecule has 11 nitrogen and oxygen atoms in total. The Kier molecular flexibility index (Phi) is 9.35. The molecule has 2 heterocycles. The van der Waals surface area contributed by atoms with Crippen molar-refractivity contribution < 1.29 is 21.8 Å². The summed E-state index contributed by atoms with van der Waals surface area (Å²) in [5, 5.41) is 9.98. The summed E-state index contributed by atoms with van der Waals surface area (Å²) in [6.07, 6.45) is 1.50. The van der Waals surface area contributed by atoms with Crippen LogP contribution >= 0.6 is 11.6 Å². The van der Waals surface area contributed by atoms with Crippen LogP contribution in [0.2, 0.25) is 5.02 Å². The highest BCUT2D eigenvalue weighted by Gasteiger charge is 2.20. The molecule has 0 unspecified atom stereocenters. The molecule has 1 aliphatic rings. The van der Waals surface area contributed by atoms with Crippen LogP contribution in [0.3, 0.4) is 0 Å². The first-order valence-electron chi connectivity index (χ1n) is 13.7. The number of amides is 1. The van der Waals surface area contributed by atoms with Gasteiger partial charge in [-0.05, 0) is 54.1 Å². The van der Waals surface area contributed by atoms with Crippen LogP contribution in [-0.4, -0.2) is 62.5 Å². The summed E-state index contributed by atoms with van der Waals surface area (Å²) in [7, 11) is -3.12. The Morgan fingerprint density at radius 2 is 1.66 bits per heavy atom. The zero-order valence-electron chi connectivity index (χ0n) is 24.0. The van der Waals surface area contributed by atoms with E-state index in [9.17, 15) is 17.1 Å². The Morgan fingerprint density at radius 1 is 0.977 bits per heavy atom. The molecule has 1 saturated heterocycles. The van der Waals surface area contributed by atoms with Gasteiger partial charge >= 0.3 is 10.2 Å². The molecule has 0 bridgehead atoms. The number of benzene rings is 3. The topological polar surface area (TPSA) is 129 Å². The standard InChI is InChI=1S/C30H31ClFN7O4S/c1-20(40)38-13-15-39(16-14-38)24-9-12-27(28(17-24)43-2)36-30-34-19-26(31)29(37-30)35-23-7-5-22(6-8-23)33-18-21-3-10-25(11-4-21)44(32,41)42/h3-12,17,19,33H,13-16,18H2,1-2H3,(H2,34,35,36,37). The molecule has 5 rings (SSSR count). The van der Waals surface area contributed by atoms with E-state index >= 15 is 0 Å². The number of aromatic nitrogens is 2. The maximum absolute atomic E-state index is 13.1. The molecule has 230 valence electrons. The number of piperazine rings is 1. The van der Waals surface area contributed by atoms with E-state index < -0.39 is 10.2 Å². The molecule has 44 heavy (non-hydrogen) atoms. The average Bonchev–Trinajstić information content (AvgIpc) is 3.02. The zero-order chi connectivity index (χ0) is 31.3. The van der Waals surface area contributed by atoms with E-state index in [4.69, 9.17) is 16.3 Å². The number of rotatable bonds is 10. The van der Waals surface area contributed by atoms with Crippen LogP contribution in [-0.2, 0) is 21.6 Å². The lowest BCUT2D eigenvalue weighted by Crippen LogP contribution is -2.48. The van der Waals surface area contributed by atoms with Gasteiger partial charge in [0.1, 0.15) is 10.8 Å². The third kappa shape index (κ3) is 7.66. The van der Waals surface area contributed by atoms with Crippen LogP contribution in [0.5, 0.6) is 5.75 Å². The van der Waals surface area contributed by atoms with E-state index in [2.05, 4.69) is 30.8 Å². The second kappa shape index (κ2) is 13.3. The van der Waals surface area contributed by atoms with Gasteiger partial charge in [-0.1, -0.05) is 23.7 Å². The molecule has 0 radical (unpaired) electrons. The fourth-order valence-electron chi connectivity index (χ4n) is 4.68. The second-order valence-corrected chi connectivity index (χ2v) is 11.8. The number of hydrogen-bond acceptors (Lipinski definition) is 10. The predicted octanol–water partition coefficient (Wildman–Crippen LogP) is 5.56. The maximum Gasteiger partial charge on any atom is 0.332 e. The summed E-state index contributed by atoms with van der Waals surface area (Å²) in [6.45, 7) is 4.86. The Morgan fingerprint density at radius 3 is 2.30 bits per heavy atom. The fourth-order valence-corrected chi connectivity index (χ4v) is 5.28. The maximum atomic E-state index is 13.1. The lowest BCUT2D eigenvalue weighted by Gasteiger charge is -2.35. The van der Waals surface area contributed by atoms with Gasteiger partial charge in [-0.3, -0.25) is 4.79 Å². The third-order valence-electron chi connectivity index (χ3n) is 7.11. The fraction of sp³-hybridized carbons (Fsp3) is 0.233. The number of halogens is 2. The van der Waals surface area contributed by atoms with Gasteiger partial charge in [0, 0.05) is 62.8 Å². The summed E-state index contributed by atoms with van der Waals surface area (Å²) >= 11 is 6.39. The molecule has 3 aromatic carbocycles. The van der Waals surface area contributed by atoms with Crippen LogP contribution in [0, 0.1) is 0 Å². The molecule has 0 saturated carbocycles. The van der Waals surface area contributed by atoms with E-state index in [0.717, 1.165) is 35.7 Å². The van der Waals surface area contributed by atoms with Crippen molar-refractivity contribution in [3.05, 3.63) is 83.5 Å². The van der Waals surface area contributed by atoms with Gasteiger partial charge in [-0.2, -0.15) is 13.4 Å². The number of carbonyl (C=O) groups excluding carboxylic acids is 1. The van der Waals surface area contributed by atoms with Crippen LogP contribution < -0.4 is 25.6 Å². The Labute approximate surface area is 260 Å². The molecule has 0 atom stereocenters. The second-order valence-electron chi connectivity index (χ2n) is 10.0. The number of methoxy groups -OCH3 is 1. The van der Waals surface area contributed by atoms with Crippen molar-refractivity contribution in [2.45, 2.75) is 18.4 Å². The van der Waals surface area contributed by atoms with E-state index in [1.54, 1.807) is 26.2 Å². The van der Waals surface area contributed by atoms with Gasteiger partial charge < -0.3 is 30.5 Å². The van der Waals surface area contributed by atoms with Gasteiger partial charge in [0.25, 0.3) is 0 Å². The number of nitrogens with zero attached hydrogens (tertiary/aromatic N) is 4. The van der Waals surface area contributed by atoms with Gasteiger partial charge in [-0.15, -0.1) is 3.89 Å². The van der Waals surface area contributed by atoms with Crippen LogP contribution in [0.15, 0.2) is 77.8 Å². The number of ether oxygens (including phenoxy) is 1. The van der Waals surface area contributed by atoms with E-state index in [1.165, 1.54) is 18.3 Å². The monoisotopic (exact) mass is 639 g/mol. The highest BCUT2D eigenvalue weighted by Crippen LogP contribution is 2.33. The van der Waals surface area contributed by atoms with Crippen molar-refractivity contribution in [1.29, 1.82) is 0 Å². The quantitative estimate of drug-likeness (QED) is 0.190. The molecule has 1 amide bonds. The third-order valence-corrected chi connectivity index (χ3v) is 8.23. The lowest BCUT2D eigenvalue weighted by atomic mass is 10.2. The van der Waals surface area contributed by atoms with Gasteiger partial charge in [0.05, 0.1) is 23.9 Å². The molecule has 1 aliphatic heterocycles. The molecule has 1 aromatic heterocycles. The Balaban J connectivity index is 1.21. The SMILES string of the molecule is COc1cc(N2CCN(C(C)=O)CC2)ccc1Nc1ncc(Cl)c(Nc2ccc(NCc3ccc(S(=O)(=O)F)cc3)cc2)n1. The molecular formula is C30H31ClFN7O4S. The van der Waals surface area contributed by atoms with Crippen molar-refractivity contribution in [3.63, 3.8) is 0 Å². The van der Waals surface area contributed by atoms with Gasteiger partial charge in [-0.25, -0.2) is 4.98 Å². The number of hydrogen-bond donors (Lipinski definition) is 3. The molecule has 1 fully saturated rings. The van der Waals surface area contributed by atoms with E-state index in [0.29, 0.717) is 47.9 Å². The zero-order valence-corrected chi connectivity index (χ0v) is 25.6. The number of nitrogens with one attached hydrogen (secondary N) is 3. The Bertz CT molecular complexity index is 1730. The molecule has 4 aromatic rings. The van der Waals surface area contributed by atoms with Crippen molar-refractivity contribution in [3.8, 4) is 5.75 Å². The van der Waals surface area contributed by atoms with Crippen LogP contribution in [0.25, 0.3) is 0 Å². The van der Waals surface area contributed by atoms with Gasteiger partial charge in [0.2, 0.25) is 11.9 Å². The minimum absolute atomic E-state index is 0.0891.